The van der Waals surface area contributed by atoms with E-state index in [1.165, 1.54) is 17.8 Å². The Morgan fingerprint density at radius 1 is 1.35 bits per heavy atom. The van der Waals surface area contributed by atoms with Crippen LogP contribution in [0.4, 0.5) is 15.8 Å². The third-order valence-electron chi connectivity index (χ3n) is 3.53. The summed E-state index contributed by atoms with van der Waals surface area (Å²) < 4.78 is 14.1. The van der Waals surface area contributed by atoms with E-state index in [0.29, 0.717) is 17.9 Å². The molecule has 0 aromatic heterocycles. The van der Waals surface area contributed by atoms with Crippen molar-refractivity contribution in [3.63, 3.8) is 0 Å². The summed E-state index contributed by atoms with van der Waals surface area (Å²) in [5, 5.41) is 9.40. The number of β-amino-alcohol motifs (C(OH)–C–C–N with tert-alkyl or cyclic N) is 1. The number of nitrogens with zero attached hydrogens (tertiary/aromatic N) is 2. The lowest BCUT2D eigenvalue weighted by Crippen LogP contribution is -2.48. The zero-order chi connectivity index (χ0) is 14.7. The highest BCUT2D eigenvalue weighted by molar-refractivity contribution is 7.98. The Balaban J connectivity index is 2.07. The molecule has 4 nitrogen and oxygen atoms in total. The number of halogens is 1. The van der Waals surface area contributed by atoms with Crippen molar-refractivity contribution >= 4 is 23.1 Å². The van der Waals surface area contributed by atoms with Gasteiger partial charge in [0.1, 0.15) is 5.82 Å². The lowest BCUT2D eigenvalue weighted by molar-refractivity contribution is 0.122. The Hall–Kier alpha value is -0.980. The van der Waals surface area contributed by atoms with E-state index in [-0.39, 0.29) is 11.9 Å². The maximum Gasteiger partial charge on any atom is 0.148 e. The minimum absolute atomic E-state index is 0.260. The van der Waals surface area contributed by atoms with Gasteiger partial charge in [0.05, 0.1) is 11.8 Å². The first kappa shape index (κ1) is 15.4. The highest BCUT2D eigenvalue weighted by Crippen LogP contribution is 2.31. The van der Waals surface area contributed by atoms with Gasteiger partial charge in [0.15, 0.2) is 0 Å². The first-order valence-electron chi connectivity index (χ1n) is 6.79. The van der Waals surface area contributed by atoms with Crippen LogP contribution in [0.2, 0.25) is 0 Å². The van der Waals surface area contributed by atoms with Gasteiger partial charge in [-0.3, -0.25) is 4.90 Å². The minimum Gasteiger partial charge on any atom is -0.398 e. The van der Waals surface area contributed by atoms with Crippen LogP contribution in [0.25, 0.3) is 0 Å². The molecule has 1 atom stereocenters. The molecule has 1 aliphatic heterocycles. The molecule has 1 unspecified atom stereocenters. The topological polar surface area (TPSA) is 52.7 Å². The van der Waals surface area contributed by atoms with Crippen LogP contribution in [0.1, 0.15) is 6.92 Å². The summed E-state index contributed by atoms with van der Waals surface area (Å²) in [5.41, 5.74) is 6.91. The molecule has 112 valence electrons. The van der Waals surface area contributed by atoms with Crippen LogP contribution in [0, 0.1) is 5.82 Å². The molecule has 0 amide bonds. The summed E-state index contributed by atoms with van der Waals surface area (Å²) in [4.78, 5) is 5.16. The van der Waals surface area contributed by atoms with Gasteiger partial charge in [-0.1, -0.05) is 0 Å². The summed E-state index contributed by atoms with van der Waals surface area (Å²) in [6, 6.07) is 3.24. The predicted molar refractivity (Wildman–Crippen MR) is 82.9 cm³/mol. The first-order chi connectivity index (χ1) is 9.51. The van der Waals surface area contributed by atoms with E-state index in [1.54, 1.807) is 6.92 Å². The number of benzene rings is 1. The first-order valence-corrected chi connectivity index (χ1v) is 8.02. The van der Waals surface area contributed by atoms with Gasteiger partial charge >= 0.3 is 0 Å². The van der Waals surface area contributed by atoms with Gasteiger partial charge in [-0.25, -0.2) is 4.39 Å². The molecule has 0 bridgehead atoms. The predicted octanol–water partition coefficient (Wildman–Crippen LogP) is 1.63. The third-order valence-corrected chi connectivity index (χ3v) is 4.33. The lowest BCUT2D eigenvalue weighted by Gasteiger charge is -2.36. The Labute approximate surface area is 123 Å². The maximum atomic E-state index is 14.1. The fraction of sp³-hybridized carbons (Fsp3) is 0.571. The van der Waals surface area contributed by atoms with Crippen LogP contribution >= 0.6 is 11.8 Å². The molecule has 0 saturated carbocycles. The Kier molecular flexibility index (Phi) is 5.12. The molecule has 1 aliphatic rings. The zero-order valence-corrected chi connectivity index (χ0v) is 12.8. The van der Waals surface area contributed by atoms with Gasteiger partial charge in [0.2, 0.25) is 0 Å². The number of piperazine rings is 1. The second-order valence-electron chi connectivity index (χ2n) is 5.18. The molecular weight excluding hydrogens is 277 g/mol. The molecule has 0 aliphatic carbocycles. The summed E-state index contributed by atoms with van der Waals surface area (Å²) in [7, 11) is 0. The minimum atomic E-state index is -0.321. The van der Waals surface area contributed by atoms with Crippen LogP contribution < -0.4 is 10.6 Å². The average Bonchev–Trinajstić information content (AvgIpc) is 2.39. The SMILES string of the molecule is CSc1cc(N2CCN(CC(C)O)CC2)c(F)cc1N. The van der Waals surface area contributed by atoms with Gasteiger partial charge in [0, 0.05) is 49.4 Å². The number of nitrogens with two attached hydrogens (primary N) is 1. The zero-order valence-electron chi connectivity index (χ0n) is 12.0. The maximum absolute atomic E-state index is 14.1. The molecule has 3 N–H and O–H groups in total. The standard InChI is InChI=1S/C14H22FN3OS/c1-10(19)9-17-3-5-18(6-4-17)13-8-14(20-2)12(16)7-11(13)15/h7-8,10,19H,3-6,9,16H2,1-2H3. The van der Waals surface area contributed by atoms with E-state index in [4.69, 9.17) is 5.73 Å². The Morgan fingerprint density at radius 2 is 2.00 bits per heavy atom. The van der Waals surface area contributed by atoms with Crippen LogP contribution in [0.5, 0.6) is 0 Å². The highest BCUT2D eigenvalue weighted by Gasteiger charge is 2.21. The van der Waals surface area contributed by atoms with Crippen LogP contribution in [-0.4, -0.2) is 55.1 Å². The van der Waals surface area contributed by atoms with Gasteiger partial charge in [0.25, 0.3) is 0 Å². The lowest BCUT2D eigenvalue weighted by atomic mass is 10.2. The van der Waals surface area contributed by atoms with Gasteiger partial charge < -0.3 is 15.7 Å². The number of anilines is 2. The van der Waals surface area contributed by atoms with E-state index in [1.807, 2.05) is 17.2 Å². The normalized spacial score (nSPS) is 18.3. The number of rotatable bonds is 4. The average molecular weight is 299 g/mol. The number of hydrogen-bond acceptors (Lipinski definition) is 5. The molecule has 6 heteroatoms. The molecule has 0 spiro atoms. The van der Waals surface area contributed by atoms with Gasteiger partial charge in [-0.2, -0.15) is 0 Å². The van der Waals surface area contributed by atoms with Crippen molar-refractivity contribution < 1.29 is 9.50 Å². The van der Waals surface area contributed by atoms with Crippen molar-refractivity contribution in [1.29, 1.82) is 0 Å². The van der Waals surface area contributed by atoms with Crippen molar-refractivity contribution in [3.05, 3.63) is 17.9 Å². The molecule has 1 heterocycles. The van der Waals surface area contributed by atoms with Crippen molar-refractivity contribution in [3.8, 4) is 0 Å². The molecule has 0 radical (unpaired) electrons. The number of nitrogen functional groups attached to an aromatic ring is 1. The Bertz CT molecular complexity index is 462. The fourth-order valence-electron chi connectivity index (χ4n) is 2.52. The monoisotopic (exact) mass is 299 g/mol. The van der Waals surface area contributed by atoms with Crippen molar-refractivity contribution in [1.82, 2.24) is 4.90 Å². The van der Waals surface area contributed by atoms with Crippen molar-refractivity contribution in [2.75, 3.05) is 49.6 Å². The smallest absolute Gasteiger partial charge is 0.148 e. The summed E-state index contributed by atoms with van der Waals surface area (Å²) in [6.07, 6.45) is 1.62. The van der Waals surface area contributed by atoms with E-state index in [2.05, 4.69) is 4.90 Å². The third kappa shape index (κ3) is 3.56. The summed E-state index contributed by atoms with van der Waals surface area (Å²) in [5.74, 6) is -0.260. The molecule has 1 aromatic rings. The van der Waals surface area contributed by atoms with Crippen molar-refractivity contribution in [2.24, 2.45) is 0 Å². The largest absolute Gasteiger partial charge is 0.398 e. The van der Waals surface area contributed by atoms with Gasteiger partial charge in [-0.15, -0.1) is 11.8 Å². The molecular formula is C14H22FN3OS. The van der Waals surface area contributed by atoms with E-state index in [9.17, 15) is 9.50 Å². The number of hydrogen-bond donors (Lipinski definition) is 2. The van der Waals surface area contributed by atoms with Crippen molar-refractivity contribution in [2.45, 2.75) is 17.9 Å². The van der Waals surface area contributed by atoms with Crippen LogP contribution in [0.15, 0.2) is 17.0 Å². The summed E-state index contributed by atoms with van der Waals surface area (Å²) >= 11 is 1.53. The molecule has 20 heavy (non-hydrogen) atoms. The second kappa shape index (κ2) is 6.65. The molecule has 1 fully saturated rings. The van der Waals surface area contributed by atoms with Gasteiger partial charge in [-0.05, 0) is 19.2 Å². The quantitative estimate of drug-likeness (QED) is 0.654. The Morgan fingerprint density at radius 3 is 2.55 bits per heavy atom. The number of aliphatic hydroxyl groups excluding tert-OH is 1. The van der Waals surface area contributed by atoms with E-state index >= 15 is 0 Å². The van der Waals surface area contributed by atoms with Crippen LogP contribution in [-0.2, 0) is 0 Å². The number of aliphatic hydroxyl groups is 1. The number of thioether (sulfide) groups is 1. The van der Waals surface area contributed by atoms with E-state index in [0.717, 1.165) is 31.1 Å². The fourth-order valence-corrected chi connectivity index (χ4v) is 3.05. The molecule has 2 rings (SSSR count). The molecule has 1 saturated heterocycles. The highest BCUT2D eigenvalue weighted by atomic mass is 32.2. The summed E-state index contributed by atoms with van der Waals surface area (Å²) in [6.45, 7) is 5.67. The van der Waals surface area contributed by atoms with E-state index < -0.39 is 0 Å². The van der Waals surface area contributed by atoms with Crippen LogP contribution in [0.3, 0.4) is 0 Å². The molecule has 1 aromatic carbocycles. The second-order valence-corrected chi connectivity index (χ2v) is 6.03.